The van der Waals surface area contributed by atoms with Crippen LogP contribution in [0.2, 0.25) is 0 Å². The third-order valence-electron chi connectivity index (χ3n) is 4.49. The van der Waals surface area contributed by atoms with Crippen molar-refractivity contribution in [1.29, 1.82) is 0 Å². The van der Waals surface area contributed by atoms with Crippen LogP contribution in [0.25, 0.3) is 11.3 Å². The zero-order valence-electron chi connectivity index (χ0n) is 15.3. The number of hydrogen-bond acceptors (Lipinski definition) is 7. The molecule has 2 aromatic heterocycles. The molecular formula is C19H23F2N5O2. The number of aliphatic hydroxyl groups excluding tert-OH is 1. The van der Waals surface area contributed by atoms with Crippen molar-refractivity contribution in [2.75, 3.05) is 18.5 Å². The van der Waals surface area contributed by atoms with Crippen LogP contribution in [0.1, 0.15) is 25.7 Å². The van der Waals surface area contributed by atoms with Crippen LogP contribution < -0.4 is 5.32 Å². The average molecular weight is 391 g/mol. The van der Waals surface area contributed by atoms with Crippen molar-refractivity contribution < 1.29 is 18.6 Å². The summed E-state index contributed by atoms with van der Waals surface area (Å²) in [7, 11) is 0. The number of aliphatic hydroxyl groups is 1. The fourth-order valence-corrected chi connectivity index (χ4v) is 3.00. The highest BCUT2D eigenvalue weighted by Crippen LogP contribution is 2.28. The summed E-state index contributed by atoms with van der Waals surface area (Å²) >= 11 is 0. The van der Waals surface area contributed by atoms with Crippen LogP contribution in [0.15, 0.2) is 35.6 Å². The quantitative estimate of drug-likeness (QED) is 0.529. The Morgan fingerprint density at radius 1 is 1.25 bits per heavy atom. The van der Waals surface area contributed by atoms with Gasteiger partial charge in [-0.05, 0) is 43.7 Å². The molecular weight excluding hydrogens is 368 g/mol. The van der Waals surface area contributed by atoms with E-state index < -0.39 is 6.61 Å². The van der Waals surface area contributed by atoms with Gasteiger partial charge in [-0.15, -0.1) is 0 Å². The average Bonchev–Trinajstić information content (AvgIpc) is 2.71. The second kappa shape index (κ2) is 10.1. The molecule has 28 heavy (non-hydrogen) atoms. The maximum Gasteiger partial charge on any atom is 0.345 e. The van der Waals surface area contributed by atoms with Gasteiger partial charge in [0.1, 0.15) is 0 Å². The first-order valence-corrected chi connectivity index (χ1v) is 9.26. The number of anilines is 1. The first-order chi connectivity index (χ1) is 13.6. The summed E-state index contributed by atoms with van der Waals surface area (Å²) < 4.78 is 28.3. The van der Waals surface area contributed by atoms with Crippen LogP contribution in [-0.4, -0.2) is 52.1 Å². The van der Waals surface area contributed by atoms with E-state index in [1.165, 1.54) is 0 Å². The fourth-order valence-electron chi connectivity index (χ4n) is 3.00. The number of aromatic nitrogens is 3. The predicted molar refractivity (Wildman–Crippen MR) is 102 cm³/mol. The molecule has 1 saturated carbocycles. The van der Waals surface area contributed by atoms with Crippen molar-refractivity contribution in [2.24, 2.45) is 10.9 Å². The van der Waals surface area contributed by atoms with E-state index in [1.807, 2.05) is 24.4 Å². The van der Waals surface area contributed by atoms with Gasteiger partial charge < -0.3 is 15.2 Å². The summed E-state index contributed by atoms with van der Waals surface area (Å²) in [5, 5.41) is 12.5. The minimum atomic E-state index is -2.80. The second-order valence-corrected chi connectivity index (χ2v) is 6.55. The Labute approximate surface area is 161 Å². The summed E-state index contributed by atoms with van der Waals surface area (Å²) in [5.74, 6) is 1.02. The molecule has 0 radical (unpaired) electrons. The lowest BCUT2D eigenvalue weighted by Crippen LogP contribution is -2.18. The first kappa shape index (κ1) is 20.2. The van der Waals surface area contributed by atoms with Gasteiger partial charge in [0.15, 0.2) is 5.82 Å². The Kier molecular flexibility index (Phi) is 7.32. The Balaban J connectivity index is 1.76. The number of pyridine rings is 1. The minimum absolute atomic E-state index is 0.150. The van der Waals surface area contributed by atoms with Gasteiger partial charge in [-0.3, -0.25) is 4.98 Å². The van der Waals surface area contributed by atoms with Crippen molar-refractivity contribution in [3.8, 4) is 11.3 Å². The third kappa shape index (κ3) is 6.00. The van der Waals surface area contributed by atoms with Crippen LogP contribution in [0.3, 0.4) is 0 Å². The van der Waals surface area contributed by atoms with Gasteiger partial charge in [0.2, 0.25) is 5.95 Å². The Morgan fingerprint density at radius 3 is 2.79 bits per heavy atom. The normalized spacial score (nSPS) is 20.0. The summed E-state index contributed by atoms with van der Waals surface area (Å²) in [5.41, 5.74) is 1.38. The number of nitrogens with one attached hydrogen (secondary N) is 1. The van der Waals surface area contributed by atoms with Crippen molar-refractivity contribution in [3.05, 3.63) is 30.6 Å². The number of aliphatic imine (C=N–C) groups is 1. The standard InChI is InChI=1S/C19H23F2N5O2/c20-18(21)28-10-9-23-19-25-12-15(16-3-1-2-8-22-16)17(26-19)24-11-13-4-6-14(27)7-5-13/h1-3,8,11-14,18,27H,4-7,9-10H2,(H,23,25,26)/b24-11-. The maximum atomic E-state index is 12.0. The van der Waals surface area contributed by atoms with E-state index >= 15 is 0 Å². The van der Waals surface area contributed by atoms with Gasteiger partial charge in [0.05, 0.1) is 24.0 Å². The summed E-state index contributed by atoms with van der Waals surface area (Å²) in [6, 6.07) is 5.53. The topological polar surface area (TPSA) is 92.5 Å². The molecule has 150 valence electrons. The van der Waals surface area contributed by atoms with Gasteiger partial charge in [-0.2, -0.15) is 13.8 Å². The zero-order chi connectivity index (χ0) is 19.8. The lowest BCUT2D eigenvalue weighted by atomic mass is 9.88. The van der Waals surface area contributed by atoms with Gasteiger partial charge in [-0.25, -0.2) is 9.98 Å². The van der Waals surface area contributed by atoms with Crippen LogP contribution >= 0.6 is 0 Å². The molecule has 0 bridgehead atoms. The molecule has 0 amide bonds. The van der Waals surface area contributed by atoms with E-state index in [9.17, 15) is 13.9 Å². The Hall–Kier alpha value is -2.52. The van der Waals surface area contributed by atoms with Crippen molar-refractivity contribution in [3.63, 3.8) is 0 Å². The second-order valence-electron chi connectivity index (χ2n) is 6.55. The molecule has 0 spiro atoms. The lowest BCUT2D eigenvalue weighted by molar-refractivity contribution is -0.125. The summed E-state index contributed by atoms with van der Waals surface area (Å²) in [4.78, 5) is 17.5. The van der Waals surface area contributed by atoms with Gasteiger partial charge in [0, 0.05) is 25.2 Å². The number of alkyl halides is 2. The Bertz CT molecular complexity index is 768. The number of ether oxygens (including phenoxy) is 1. The molecule has 0 atom stereocenters. The van der Waals surface area contributed by atoms with Gasteiger partial charge >= 0.3 is 6.61 Å². The van der Waals surface area contributed by atoms with E-state index in [-0.39, 0.29) is 31.1 Å². The molecule has 0 aromatic carbocycles. The van der Waals surface area contributed by atoms with Crippen molar-refractivity contribution in [2.45, 2.75) is 38.4 Å². The van der Waals surface area contributed by atoms with Crippen LogP contribution in [0.4, 0.5) is 20.5 Å². The predicted octanol–water partition coefficient (Wildman–Crippen LogP) is 3.44. The van der Waals surface area contributed by atoms with Crippen molar-refractivity contribution in [1.82, 2.24) is 15.0 Å². The molecule has 2 aromatic rings. The van der Waals surface area contributed by atoms with E-state index in [2.05, 4.69) is 30.0 Å². The van der Waals surface area contributed by atoms with E-state index in [0.29, 0.717) is 17.1 Å². The number of nitrogens with zero attached hydrogens (tertiary/aromatic N) is 4. The molecule has 0 aliphatic heterocycles. The molecule has 2 N–H and O–H groups in total. The lowest BCUT2D eigenvalue weighted by Gasteiger charge is -2.22. The molecule has 1 aliphatic carbocycles. The highest BCUT2D eigenvalue weighted by Gasteiger charge is 2.18. The smallest absolute Gasteiger partial charge is 0.345 e. The third-order valence-corrected chi connectivity index (χ3v) is 4.49. The van der Waals surface area contributed by atoms with Gasteiger partial charge in [0.25, 0.3) is 0 Å². The van der Waals surface area contributed by atoms with Gasteiger partial charge in [-0.1, -0.05) is 6.07 Å². The largest absolute Gasteiger partial charge is 0.393 e. The fraction of sp³-hybridized carbons (Fsp3) is 0.474. The van der Waals surface area contributed by atoms with Crippen LogP contribution in [0.5, 0.6) is 0 Å². The molecule has 3 rings (SSSR count). The van der Waals surface area contributed by atoms with Crippen LogP contribution in [-0.2, 0) is 4.74 Å². The Morgan fingerprint density at radius 2 is 2.07 bits per heavy atom. The van der Waals surface area contributed by atoms with Crippen LogP contribution in [0, 0.1) is 5.92 Å². The highest BCUT2D eigenvalue weighted by molar-refractivity contribution is 5.75. The molecule has 9 heteroatoms. The molecule has 0 unspecified atom stereocenters. The molecule has 7 nitrogen and oxygen atoms in total. The highest BCUT2D eigenvalue weighted by atomic mass is 19.3. The van der Waals surface area contributed by atoms with E-state index in [0.717, 1.165) is 25.7 Å². The number of rotatable bonds is 8. The molecule has 0 saturated heterocycles. The minimum Gasteiger partial charge on any atom is -0.393 e. The molecule has 2 heterocycles. The van der Waals surface area contributed by atoms with E-state index in [4.69, 9.17) is 0 Å². The molecule has 1 aliphatic rings. The summed E-state index contributed by atoms with van der Waals surface area (Å²) in [6.45, 7) is -2.81. The molecule has 1 fully saturated rings. The maximum absolute atomic E-state index is 12.0. The summed E-state index contributed by atoms with van der Waals surface area (Å²) in [6.07, 6.45) is 8.23. The van der Waals surface area contributed by atoms with Crippen molar-refractivity contribution >= 4 is 18.0 Å². The monoisotopic (exact) mass is 391 g/mol. The van der Waals surface area contributed by atoms with E-state index in [1.54, 1.807) is 12.4 Å². The first-order valence-electron chi connectivity index (χ1n) is 9.26. The SMILES string of the molecule is OC1CCC(/C=N\c2nc(NCCOC(F)F)ncc2-c2ccccn2)CC1. The number of halogens is 2. The zero-order valence-corrected chi connectivity index (χ0v) is 15.3. The number of hydrogen-bond donors (Lipinski definition) is 2.